The Hall–Kier alpha value is -0.630. The van der Waals surface area contributed by atoms with Crippen LogP contribution >= 0.6 is 15.9 Å². The number of alkyl halides is 1. The zero-order valence-corrected chi connectivity index (χ0v) is 9.47. The van der Waals surface area contributed by atoms with Gasteiger partial charge in [-0.3, -0.25) is 4.79 Å². The van der Waals surface area contributed by atoms with Crippen LogP contribution in [0.15, 0.2) is 18.2 Å². The molecular formula is C11H13BrO. The lowest BCUT2D eigenvalue weighted by Gasteiger charge is -2.11. The van der Waals surface area contributed by atoms with Crippen LogP contribution in [0, 0.1) is 0 Å². The first-order chi connectivity index (χ1) is 6.20. The maximum Gasteiger partial charge on any atom is 0.150 e. The van der Waals surface area contributed by atoms with E-state index in [9.17, 15) is 4.79 Å². The van der Waals surface area contributed by atoms with Crippen molar-refractivity contribution < 1.29 is 4.79 Å². The van der Waals surface area contributed by atoms with E-state index in [4.69, 9.17) is 0 Å². The lowest BCUT2D eigenvalue weighted by atomic mass is 9.95. The fourth-order valence-corrected chi connectivity index (χ4v) is 1.89. The van der Waals surface area contributed by atoms with Crippen molar-refractivity contribution in [1.29, 1.82) is 0 Å². The monoisotopic (exact) mass is 240 g/mol. The maximum atomic E-state index is 10.9. The summed E-state index contributed by atoms with van der Waals surface area (Å²) in [5.74, 6) is 0.402. The molecule has 1 aromatic rings. The molecule has 0 radical (unpaired) electrons. The predicted molar refractivity (Wildman–Crippen MR) is 58.5 cm³/mol. The van der Waals surface area contributed by atoms with Gasteiger partial charge in [0.2, 0.25) is 0 Å². The SMILES string of the molecule is CC(C)c1cccc(CBr)c1C=O. The molecule has 0 aliphatic carbocycles. The summed E-state index contributed by atoms with van der Waals surface area (Å²) in [5, 5.41) is 0.738. The summed E-state index contributed by atoms with van der Waals surface area (Å²) in [7, 11) is 0. The zero-order chi connectivity index (χ0) is 9.84. The van der Waals surface area contributed by atoms with Gasteiger partial charge in [0.15, 0.2) is 6.29 Å². The lowest BCUT2D eigenvalue weighted by molar-refractivity contribution is 0.112. The minimum Gasteiger partial charge on any atom is -0.298 e. The highest BCUT2D eigenvalue weighted by Gasteiger charge is 2.08. The Kier molecular flexibility index (Phi) is 3.67. The van der Waals surface area contributed by atoms with Gasteiger partial charge in [-0.25, -0.2) is 0 Å². The molecule has 2 heteroatoms. The highest BCUT2D eigenvalue weighted by molar-refractivity contribution is 9.08. The lowest BCUT2D eigenvalue weighted by Crippen LogP contribution is -1.98. The molecule has 0 bridgehead atoms. The Bertz CT molecular complexity index is 305. The van der Waals surface area contributed by atoms with E-state index in [0.717, 1.165) is 28.3 Å². The van der Waals surface area contributed by atoms with Crippen LogP contribution in [0.4, 0.5) is 0 Å². The van der Waals surface area contributed by atoms with Gasteiger partial charge in [0.1, 0.15) is 0 Å². The molecule has 1 rings (SSSR count). The summed E-state index contributed by atoms with van der Waals surface area (Å²) in [4.78, 5) is 10.9. The fourth-order valence-electron chi connectivity index (χ4n) is 1.40. The number of hydrogen-bond acceptors (Lipinski definition) is 1. The molecule has 1 nitrogen and oxygen atoms in total. The average Bonchev–Trinajstić information content (AvgIpc) is 2.16. The third kappa shape index (κ3) is 2.19. The van der Waals surface area contributed by atoms with Crippen molar-refractivity contribution in [2.75, 3.05) is 0 Å². The second-order valence-electron chi connectivity index (χ2n) is 3.33. The van der Waals surface area contributed by atoms with Crippen molar-refractivity contribution in [3.05, 3.63) is 34.9 Å². The first kappa shape index (κ1) is 10.5. The molecule has 0 aromatic heterocycles. The number of carbonyl (C=O) groups excluding carboxylic acids is 1. The van der Waals surface area contributed by atoms with Crippen molar-refractivity contribution in [1.82, 2.24) is 0 Å². The summed E-state index contributed by atoms with van der Waals surface area (Å²) < 4.78 is 0. The standard InChI is InChI=1S/C11H13BrO/c1-8(2)10-5-3-4-9(6-12)11(10)7-13/h3-5,7-8H,6H2,1-2H3. The van der Waals surface area contributed by atoms with Gasteiger partial charge in [-0.1, -0.05) is 48.0 Å². The van der Waals surface area contributed by atoms with Crippen LogP contribution in [0.25, 0.3) is 0 Å². The van der Waals surface area contributed by atoms with E-state index in [2.05, 4.69) is 29.8 Å². The third-order valence-electron chi connectivity index (χ3n) is 2.11. The molecule has 0 unspecified atom stereocenters. The minimum absolute atomic E-state index is 0.402. The van der Waals surface area contributed by atoms with Crippen molar-refractivity contribution in [2.45, 2.75) is 25.1 Å². The highest BCUT2D eigenvalue weighted by Crippen LogP contribution is 2.22. The molecule has 70 valence electrons. The normalized spacial score (nSPS) is 10.5. The number of benzene rings is 1. The topological polar surface area (TPSA) is 17.1 Å². The summed E-state index contributed by atoms with van der Waals surface area (Å²) in [5.41, 5.74) is 3.04. The Balaban J connectivity index is 3.27. The van der Waals surface area contributed by atoms with Gasteiger partial charge in [0.25, 0.3) is 0 Å². The molecular weight excluding hydrogens is 228 g/mol. The zero-order valence-electron chi connectivity index (χ0n) is 7.88. The van der Waals surface area contributed by atoms with Crippen molar-refractivity contribution >= 4 is 22.2 Å². The number of halogens is 1. The van der Waals surface area contributed by atoms with Gasteiger partial charge in [-0.05, 0) is 17.0 Å². The Morgan fingerprint density at radius 2 is 2.15 bits per heavy atom. The molecule has 0 aliphatic heterocycles. The van der Waals surface area contributed by atoms with E-state index in [0.29, 0.717) is 5.92 Å². The van der Waals surface area contributed by atoms with E-state index in [1.807, 2.05) is 18.2 Å². The first-order valence-electron chi connectivity index (χ1n) is 4.33. The van der Waals surface area contributed by atoms with Crippen molar-refractivity contribution in [3.8, 4) is 0 Å². The number of hydrogen-bond donors (Lipinski definition) is 0. The van der Waals surface area contributed by atoms with Gasteiger partial charge in [0, 0.05) is 10.9 Å². The molecule has 0 heterocycles. The van der Waals surface area contributed by atoms with Crippen LogP contribution in [-0.4, -0.2) is 6.29 Å². The summed E-state index contributed by atoms with van der Waals surface area (Å²) in [6.07, 6.45) is 0.950. The fraction of sp³-hybridized carbons (Fsp3) is 0.364. The minimum atomic E-state index is 0.402. The van der Waals surface area contributed by atoms with Crippen LogP contribution in [0.1, 0.15) is 41.3 Å². The number of aldehydes is 1. The molecule has 0 amide bonds. The quantitative estimate of drug-likeness (QED) is 0.584. The average molecular weight is 241 g/mol. The summed E-state index contributed by atoms with van der Waals surface area (Å²) in [6.45, 7) is 4.20. The molecule has 13 heavy (non-hydrogen) atoms. The van der Waals surface area contributed by atoms with E-state index in [1.54, 1.807) is 0 Å². The van der Waals surface area contributed by atoms with E-state index in [-0.39, 0.29) is 0 Å². The molecule has 0 saturated heterocycles. The smallest absolute Gasteiger partial charge is 0.150 e. The molecule has 0 spiro atoms. The van der Waals surface area contributed by atoms with Crippen LogP contribution in [0.5, 0.6) is 0 Å². The molecule has 0 N–H and O–H groups in total. The Labute approximate surface area is 87.3 Å². The molecule has 0 fully saturated rings. The third-order valence-corrected chi connectivity index (χ3v) is 2.72. The molecule has 0 saturated carbocycles. The number of carbonyl (C=O) groups is 1. The largest absolute Gasteiger partial charge is 0.298 e. The van der Waals surface area contributed by atoms with Gasteiger partial charge < -0.3 is 0 Å². The van der Waals surface area contributed by atoms with Gasteiger partial charge in [-0.2, -0.15) is 0 Å². The van der Waals surface area contributed by atoms with Crippen molar-refractivity contribution in [2.24, 2.45) is 0 Å². The van der Waals surface area contributed by atoms with Gasteiger partial charge in [0.05, 0.1) is 0 Å². The van der Waals surface area contributed by atoms with E-state index >= 15 is 0 Å². The maximum absolute atomic E-state index is 10.9. The van der Waals surface area contributed by atoms with Crippen LogP contribution in [0.2, 0.25) is 0 Å². The van der Waals surface area contributed by atoms with Crippen molar-refractivity contribution in [3.63, 3.8) is 0 Å². The molecule has 0 atom stereocenters. The van der Waals surface area contributed by atoms with Crippen LogP contribution in [-0.2, 0) is 5.33 Å². The van der Waals surface area contributed by atoms with Crippen LogP contribution in [0.3, 0.4) is 0 Å². The van der Waals surface area contributed by atoms with Gasteiger partial charge >= 0.3 is 0 Å². The predicted octanol–water partition coefficient (Wildman–Crippen LogP) is 3.52. The highest BCUT2D eigenvalue weighted by atomic mass is 79.9. The summed E-state index contributed by atoms with van der Waals surface area (Å²) in [6, 6.07) is 5.99. The Morgan fingerprint density at radius 1 is 1.46 bits per heavy atom. The Morgan fingerprint density at radius 3 is 2.62 bits per heavy atom. The second kappa shape index (κ2) is 4.56. The molecule has 0 aliphatic rings. The first-order valence-corrected chi connectivity index (χ1v) is 5.45. The van der Waals surface area contributed by atoms with E-state index in [1.165, 1.54) is 0 Å². The van der Waals surface area contributed by atoms with Crippen LogP contribution < -0.4 is 0 Å². The number of rotatable bonds is 3. The van der Waals surface area contributed by atoms with E-state index < -0.39 is 0 Å². The molecule has 1 aromatic carbocycles. The second-order valence-corrected chi connectivity index (χ2v) is 3.89. The summed E-state index contributed by atoms with van der Waals surface area (Å²) >= 11 is 3.37. The van der Waals surface area contributed by atoms with Gasteiger partial charge in [-0.15, -0.1) is 0 Å².